The van der Waals surface area contributed by atoms with Crippen molar-refractivity contribution in [2.75, 3.05) is 4.90 Å². The Morgan fingerprint density at radius 3 is 1.50 bits per heavy atom. The Kier molecular flexibility index (Phi) is 10.3. The molecule has 2 saturated carbocycles. The Labute approximate surface area is 310 Å². The number of allylic oxidation sites excluding steroid dienone is 2. The summed E-state index contributed by atoms with van der Waals surface area (Å²) in [6.07, 6.45) is 20.2. The van der Waals surface area contributed by atoms with Crippen molar-refractivity contribution in [1.29, 1.82) is 0 Å². The molecule has 0 spiro atoms. The standard InChI is InChI=1S/C51H49N/c1-38-19-31-47(32-20-38)52(51-18-10-16-44-15-8-9-17-49(44)51)48-33-25-43(26-34-48)37-50(45-27-21-41(22-28-45)35-39-11-4-2-5-12-39)46-29-23-42(24-30-46)36-40-13-6-3-7-14-40/h8-10,15-37H,2-7,11-14H2,1H3. The molecule has 0 aliphatic heterocycles. The molecule has 8 rings (SSSR count). The molecule has 2 aliphatic rings. The SMILES string of the molecule is Cc1ccc(N(c2ccc(C=C(c3ccc(C=C4CCCCC4)cc3)c3ccc(C=C4CCCCC4)cc3)cc2)c2cccc3ccccc23)cc1. The van der Waals surface area contributed by atoms with Gasteiger partial charge in [-0.25, -0.2) is 0 Å². The van der Waals surface area contributed by atoms with Crippen molar-refractivity contribution >= 4 is 51.6 Å². The van der Waals surface area contributed by atoms with Gasteiger partial charge in [0.25, 0.3) is 0 Å². The normalized spacial score (nSPS) is 14.6. The van der Waals surface area contributed by atoms with E-state index < -0.39 is 0 Å². The predicted molar refractivity (Wildman–Crippen MR) is 225 cm³/mol. The molecule has 1 heteroatoms. The maximum absolute atomic E-state index is 2.42. The fourth-order valence-electron chi connectivity index (χ4n) is 8.03. The molecule has 0 amide bonds. The Morgan fingerprint density at radius 1 is 0.462 bits per heavy atom. The summed E-state index contributed by atoms with van der Waals surface area (Å²) in [4.78, 5) is 2.38. The average Bonchev–Trinajstić information content (AvgIpc) is 3.20. The van der Waals surface area contributed by atoms with Crippen molar-refractivity contribution in [2.24, 2.45) is 0 Å². The lowest BCUT2D eigenvalue weighted by Gasteiger charge is -2.27. The number of benzene rings is 6. The van der Waals surface area contributed by atoms with E-state index in [0.29, 0.717) is 0 Å². The van der Waals surface area contributed by atoms with Gasteiger partial charge in [0.05, 0.1) is 5.69 Å². The summed E-state index contributed by atoms with van der Waals surface area (Å²) < 4.78 is 0. The minimum absolute atomic E-state index is 1.14. The van der Waals surface area contributed by atoms with Crippen LogP contribution in [0.4, 0.5) is 17.1 Å². The fourth-order valence-corrected chi connectivity index (χ4v) is 8.03. The van der Waals surface area contributed by atoms with Crippen LogP contribution in [0.2, 0.25) is 0 Å². The van der Waals surface area contributed by atoms with Crippen molar-refractivity contribution < 1.29 is 0 Å². The summed E-state index contributed by atoms with van der Waals surface area (Å²) in [6, 6.07) is 51.7. The highest BCUT2D eigenvalue weighted by Gasteiger charge is 2.16. The van der Waals surface area contributed by atoms with Gasteiger partial charge in [-0.3, -0.25) is 0 Å². The quantitative estimate of drug-likeness (QED) is 0.145. The molecule has 0 bridgehead atoms. The number of hydrogen-bond donors (Lipinski definition) is 0. The summed E-state index contributed by atoms with van der Waals surface area (Å²) in [7, 11) is 0. The molecule has 52 heavy (non-hydrogen) atoms. The van der Waals surface area contributed by atoms with Crippen LogP contribution in [0.3, 0.4) is 0 Å². The van der Waals surface area contributed by atoms with Crippen LogP contribution in [-0.4, -0.2) is 0 Å². The summed E-state index contributed by atoms with van der Waals surface area (Å²) in [5.41, 5.74) is 15.4. The van der Waals surface area contributed by atoms with Gasteiger partial charge in [0, 0.05) is 16.8 Å². The second-order valence-electron chi connectivity index (χ2n) is 14.8. The first kappa shape index (κ1) is 33.7. The molecule has 0 N–H and O–H groups in total. The Morgan fingerprint density at radius 2 is 0.942 bits per heavy atom. The topological polar surface area (TPSA) is 3.24 Å². The molecule has 1 nitrogen and oxygen atoms in total. The molecule has 0 unspecified atom stereocenters. The maximum atomic E-state index is 2.42. The zero-order chi connectivity index (χ0) is 35.1. The first-order chi connectivity index (χ1) is 25.7. The Bertz CT molecular complexity index is 2120. The van der Waals surface area contributed by atoms with E-state index in [1.165, 1.54) is 120 Å². The molecule has 258 valence electrons. The van der Waals surface area contributed by atoms with Crippen molar-refractivity contribution in [1.82, 2.24) is 0 Å². The van der Waals surface area contributed by atoms with Gasteiger partial charge in [-0.05, 0) is 133 Å². The highest BCUT2D eigenvalue weighted by atomic mass is 15.1. The van der Waals surface area contributed by atoms with E-state index in [1.807, 2.05) is 0 Å². The predicted octanol–water partition coefficient (Wildman–Crippen LogP) is 14.9. The highest BCUT2D eigenvalue weighted by Crippen LogP contribution is 2.39. The summed E-state index contributed by atoms with van der Waals surface area (Å²) in [5, 5.41) is 2.48. The number of rotatable bonds is 8. The lowest BCUT2D eigenvalue weighted by molar-refractivity contribution is 0.602. The van der Waals surface area contributed by atoms with E-state index in [4.69, 9.17) is 0 Å². The number of nitrogens with zero attached hydrogens (tertiary/aromatic N) is 1. The zero-order valence-electron chi connectivity index (χ0n) is 30.5. The van der Waals surface area contributed by atoms with Crippen LogP contribution < -0.4 is 4.90 Å². The van der Waals surface area contributed by atoms with Crippen molar-refractivity contribution in [3.8, 4) is 0 Å². The van der Waals surface area contributed by atoms with Gasteiger partial charge in [0.15, 0.2) is 0 Å². The van der Waals surface area contributed by atoms with E-state index in [1.54, 1.807) is 11.1 Å². The third kappa shape index (κ3) is 7.90. The third-order valence-electron chi connectivity index (χ3n) is 10.9. The van der Waals surface area contributed by atoms with Crippen molar-refractivity contribution in [3.63, 3.8) is 0 Å². The Hall–Kier alpha value is -5.40. The number of fused-ring (bicyclic) bond motifs is 1. The molecule has 6 aromatic carbocycles. The van der Waals surface area contributed by atoms with Gasteiger partial charge in [0.2, 0.25) is 0 Å². The highest BCUT2D eigenvalue weighted by molar-refractivity contribution is 5.99. The van der Waals surface area contributed by atoms with Gasteiger partial charge in [-0.1, -0.05) is 151 Å². The van der Waals surface area contributed by atoms with Crippen molar-refractivity contribution in [2.45, 2.75) is 71.1 Å². The number of aryl methyl sites for hydroxylation is 1. The average molecular weight is 676 g/mol. The molecule has 0 aromatic heterocycles. The summed E-state index contributed by atoms with van der Waals surface area (Å²) >= 11 is 0. The zero-order valence-corrected chi connectivity index (χ0v) is 30.5. The summed E-state index contributed by atoms with van der Waals surface area (Å²) in [5.74, 6) is 0. The second kappa shape index (κ2) is 15.9. The van der Waals surface area contributed by atoms with Crippen LogP contribution >= 0.6 is 0 Å². The molecular weight excluding hydrogens is 627 g/mol. The third-order valence-corrected chi connectivity index (χ3v) is 10.9. The molecule has 0 heterocycles. The van der Waals surface area contributed by atoms with E-state index in [-0.39, 0.29) is 0 Å². The Balaban J connectivity index is 1.16. The van der Waals surface area contributed by atoms with E-state index in [9.17, 15) is 0 Å². The lowest BCUT2D eigenvalue weighted by Crippen LogP contribution is -2.10. The summed E-state index contributed by atoms with van der Waals surface area (Å²) in [6.45, 7) is 2.15. The second-order valence-corrected chi connectivity index (χ2v) is 14.8. The van der Waals surface area contributed by atoms with Crippen LogP contribution in [0.5, 0.6) is 0 Å². The molecule has 2 fully saturated rings. The monoisotopic (exact) mass is 675 g/mol. The van der Waals surface area contributed by atoms with Crippen LogP contribution in [0.25, 0.3) is 34.6 Å². The lowest BCUT2D eigenvalue weighted by atomic mass is 9.91. The molecular formula is C51H49N. The van der Waals surface area contributed by atoms with E-state index in [2.05, 4.69) is 170 Å². The van der Waals surface area contributed by atoms with Gasteiger partial charge in [-0.15, -0.1) is 0 Å². The first-order valence-electron chi connectivity index (χ1n) is 19.4. The number of anilines is 3. The molecule has 6 aromatic rings. The number of hydrogen-bond acceptors (Lipinski definition) is 1. The largest absolute Gasteiger partial charge is 0.310 e. The fraction of sp³-hybridized carbons (Fsp3) is 0.216. The maximum Gasteiger partial charge on any atom is 0.0540 e. The van der Waals surface area contributed by atoms with Gasteiger partial charge in [-0.2, -0.15) is 0 Å². The minimum Gasteiger partial charge on any atom is -0.310 e. The van der Waals surface area contributed by atoms with Gasteiger partial charge >= 0.3 is 0 Å². The first-order valence-corrected chi connectivity index (χ1v) is 19.4. The van der Waals surface area contributed by atoms with Gasteiger partial charge < -0.3 is 4.90 Å². The van der Waals surface area contributed by atoms with Crippen molar-refractivity contribution in [3.05, 3.63) is 184 Å². The molecule has 0 radical (unpaired) electrons. The van der Waals surface area contributed by atoms with Crippen LogP contribution in [-0.2, 0) is 0 Å². The van der Waals surface area contributed by atoms with Crippen LogP contribution in [0, 0.1) is 6.92 Å². The van der Waals surface area contributed by atoms with E-state index in [0.717, 1.165) is 11.4 Å². The molecule has 0 atom stereocenters. The van der Waals surface area contributed by atoms with Crippen LogP contribution in [0.1, 0.15) is 97.6 Å². The smallest absolute Gasteiger partial charge is 0.0540 e. The molecule has 0 saturated heterocycles. The van der Waals surface area contributed by atoms with Crippen LogP contribution in [0.15, 0.2) is 151 Å². The molecule has 2 aliphatic carbocycles. The van der Waals surface area contributed by atoms with Gasteiger partial charge in [0.1, 0.15) is 0 Å². The minimum atomic E-state index is 1.14. The van der Waals surface area contributed by atoms with E-state index >= 15 is 0 Å².